The van der Waals surface area contributed by atoms with E-state index < -0.39 is 11.6 Å². The molecule has 0 fully saturated rings. The Balaban J connectivity index is 1.93. The highest BCUT2D eigenvalue weighted by Crippen LogP contribution is 2.18. The second-order valence-corrected chi connectivity index (χ2v) is 4.52. The molecule has 2 aromatic rings. The van der Waals surface area contributed by atoms with Gasteiger partial charge in [-0.2, -0.15) is 5.10 Å². The third kappa shape index (κ3) is 3.17. The fraction of sp³-hybridized carbons (Fsp3) is 0.357. The van der Waals surface area contributed by atoms with E-state index in [1.807, 2.05) is 20.0 Å². The van der Waals surface area contributed by atoms with E-state index >= 15 is 0 Å². The normalized spacial score (nSPS) is 12.6. The highest BCUT2D eigenvalue weighted by Gasteiger charge is 2.13. The van der Waals surface area contributed by atoms with Crippen LogP contribution < -0.4 is 5.32 Å². The summed E-state index contributed by atoms with van der Waals surface area (Å²) in [5.74, 6) is -1.58. The zero-order valence-corrected chi connectivity index (χ0v) is 11.0. The van der Waals surface area contributed by atoms with Crippen molar-refractivity contribution >= 4 is 0 Å². The van der Waals surface area contributed by atoms with Crippen molar-refractivity contribution in [2.75, 3.05) is 6.54 Å². The number of benzene rings is 1. The van der Waals surface area contributed by atoms with Crippen molar-refractivity contribution in [3.05, 3.63) is 53.4 Å². The fourth-order valence-electron chi connectivity index (χ4n) is 2.03. The van der Waals surface area contributed by atoms with Crippen LogP contribution in [-0.4, -0.2) is 16.3 Å². The molecule has 0 radical (unpaired) electrons. The van der Waals surface area contributed by atoms with Crippen LogP contribution in [0, 0.1) is 11.6 Å². The minimum atomic E-state index is -0.808. The van der Waals surface area contributed by atoms with Gasteiger partial charge in [-0.15, -0.1) is 0 Å². The summed E-state index contributed by atoms with van der Waals surface area (Å²) in [5.41, 5.74) is 1.45. The molecule has 0 spiro atoms. The highest BCUT2D eigenvalue weighted by molar-refractivity contribution is 5.22. The third-order valence-electron chi connectivity index (χ3n) is 3.20. The van der Waals surface area contributed by atoms with E-state index in [9.17, 15) is 8.78 Å². The van der Waals surface area contributed by atoms with Crippen LogP contribution in [-0.2, 0) is 13.5 Å². The molecular formula is C14H17F2N3. The number of nitrogens with zero attached hydrogens (tertiary/aromatic N) is 2. The number of hydrogen-bond acceptors (Lipinski definition) is 2. The van der Waals surface area contributed by atoms with Gasteiger partial charge in [0.2, 0.25) is 0 Å². The Morgan fingerprint density at radius 3 is 2.79 bits per heavy atom. The third-order valence-corrected chi connectivity index (χ3v) is 3.20. The number of rotatable bonds is 5. The van der Waals surface area contributed by atoms with Gasteiger partial charge in [0, 0.05) is 43.5 Å². The lowest BCUT2D eigenvalue weighted by molar-refractivity contribution is 0.472. The Kier molecular flexibility index (Phi) is 4.27. The second-order valence-electron chi connectivity index (χ2n) is 4.52. The van der Waals surface area contributed by atoms with Crippen molar-refractivity contribution in [1.82, 2.24) is 15.1 Å². The van der Waals surface area contributed by atoms with Crippen molar-refractivity contribution in [3.63, 3.8) is 0 Å². The number of aromatic nitrogens is 2. The van der Waals surface area contributed by atoms with Gasteiger partial charge in [0.05, 0.1) is 0 Å². The zero-order chi connectivity index (χ0) is 13.8. The lowest BCUT2D eigenvalue weighted by Gasteiger charge is -2.15. The summed E-state index contributed by atoms with van der Waals surface area (Å²) in [6.45, 7) is 2.50. The summed E-state index contributed by atoms with van der Waals surface area (Å²) in [6, 6.07) is 5.95. The molecule has 1 unspecified atom stereocenters. The summed E-state index contributed by atoms with van der Waals surface area (Å²) in [7, 11) is 1.88. The fourth-order valence-corrected chi connectivity index (χ4v) is 2.03. The van der Waals surface area contributed by atoms with Gasteiger partial charge >= 0.3 is 0 Å². The molecule has 0 saturated carbocycles. The quantitative estimate of drug-likeness (QED) is 0.900. The summed E-state index contributed by atoms with van der Waals surface area (Å²) < 4.78 is 28.5. The van der Waals surface area contributed by atoms with Gasteiger partial charge in [0.15, 0.2) is 11.6 Å². The standard InChI is InChI=1S/C14H17F2N3/c1-10(12-4-3-5-13(15)14(12)16)17-8-6-11-7-9-18-19(11)2/h3-5,7,9-10,17H,6,8H2,1-2H3. The van der Waals surface area contributed by atoms with E-state index in [-0.39, 0.29) is 6.04 Å². The molecule has 102 valence electrons. The number of halogens is 2. The molecule has 1 heterocycles. The molecule has 0 aliphatic carbocycles. The molecule has 3 nitrogen and oxygen atoms in total. The molecule has 1 atom stereocenters. The summed E-state index contributed by atoms with van der Waals surface area (Å²) in [6.07, 6.45) is 2.53. The number of aryl methyl sites for hydroxylation is 1. The average Bonchev–Trinajstić information content (AvgIpc) is 2.78. The van der Waals surface area contributed by atoms with E-state index in [0.29, 0.717) is 12.1 Å². The Morgan fingerprint density at radius 2 is 2.11 bits per heavy atom. The van der Waals surface area contributed by atoms with Crippen molar-refractivity contribution < 1.29 is 8.78 Å². The molecule has 1 aromatic heterocycles. The number of nitrogens with one attached hydrogen (secondary N) is 1. The zero-order valence-electron chi connectivity index (χ0n) is 11.0. The first-order valence-corrected chi connectivity index (χ1v) is 6.23. The van der Waals surface area contributed by atoms with Crippen molar-refractivity contribution in [2.24, 2.45) is 7.05 Å². The van der Waals surface area contributed by atoms with Gasteiger partial charge in [-0.1, -0.05) is 12.1 Å². The minimum Gasteiger partial charge on any atom is -0.310 e. The Hall–Kier alpha value is -1.75. The second kappa shape index (κ2) is 5.93. The molecule has 0 amide bonds. The summed E-state index contributed by atoms with van der Waals surface area (Å²) >= 11 is 0. The predicted octanol–water partition coefficient (Wildman–Crippen LogP) is 2.59. The van der Waals surface area contributed by atoms with E-state index in [0.717, 1.165) is 18.2 Å². The number of hydrogen-bond donors (Lipinski definition) is 1. The Morgan fingerprint density at radius 1 is 1.32 bits per heavy atom. The monoisotopic (exact) mass is 265 g/mol. The lowest BCUT2D eigenvalue weighted by atomic mass is 10.1. The first-order chi connectivity index (χ1) is 9.09. The van der Waals surface area contributed by atoms with Gasteiger partial charge < -0.3 is 5.32 Å². The molecule has 1 aromatic carbocycles. The molecule has 19 heavy (non-hydrogen) atoms. The Bertz CT molecular complexity index is 551. The molecule has 5 heteroatoms. The molecule has 0 saturated heterocycles. The molecule has 0 bridgehead atoms. The van der Waals surface area contributed by atoms with Crippen LogP contribution in [0.2, 0.25) is 0 Å². The molecular weight excluding hydrogens is 248 g/mol. The topological polar surface area (TPSA) is 29.9 Å². The highest BCUT2D eigenvalue weighted by atomic mass is 19.2. The van der Waals surface area contributed by atoms with Crippen LogP contribution in [0.15, 0.2) is 30.5 Å². The van der Waals surface area contributed by atoms with Crippen LogP contribution in [0.25, 0.3) is 0 Å². The van der Waals surface area contributed by atoms with Crippen LogP contribution in [0.1, 0.15) is 24.2 Å². The van der Waals surface area contributed by atoms with Gasteiger partial charge in [0.25, 0.3) is 0 Å². The first kappa shape index (κ1) is 13.7. The largest absolute Gasteiger partial charge is 0.310 e. The van der Waals surface area contributed by atoms with Crippen molar-refractivity contribution in [3.8, 4) is 0 Å². The smallest absolute Gasteiger partial charge is 0.163 e. The average molecular weight is 265 g/mol. The summed E-state index contributed by atoms with van der Waals surface area (Å²) in [5, 5.41) is 7.26. The van der Waals surface area contributed by atoms with Gasteiger partial charge in [0.1, 0.15) is 0 Å². The summed E-state index contributed by atoms with van der Waals surface area (Å²) in [4.78, 5) is 0. The van der Waals surface area contributed by atoms with Crippen LogP contribution in [0.5, 0.6) is 0 Å². The lowest BCUT2D eigenvalue weighted by Crippen LogP contribution is -2.23. The van der Waals surface area contributed by atoms with E-state index in [1.54, 1.807) is 16.9 Å². The Labute approximate surface area is 111 Å². The predicted molar refractivity (Wildman–Crippen MR) is 69.7 cm³/mol. The van der Waals surface area contributed by atoms with E-state index in [2.05, 4.69) is 10.4 Å². The molecule has 0 aliphatic heterocycles. The maximum absolute atomic E-state index is 13.6. The van der Waals surface area contributed by atoms with E-state index in [4.69, 9.17) is 0 Å². The van der Waals surface area contributed by atoms with Gasteiger partial charge in [-0.05, 0) is 19.1 Å². The van der Waals surface area contributed by atoms with Gasteiger partial charge in [-0.25, -0.2) is 8.78 Å². The van der Waals surface area contributed by atoms with Crippen molar-refractivity contribution in [2.45, 2.75) is 19.4 Å². The van der Waals surface area contributed by atoms with Crippen LogP contribution in [0.3, 0.4) is 0 Å². The molecule has 2 rings (SSSR count). The first-order valence-electron chi connectivity index (χ1n) is 6.23. The molecule has 1 N–H and O–H groups in total. The maximum atomic E-state index is 13.6. The van der Waals surface area contributed by atoms with E-state index in [1.165, 1.54) is 6.07 Å². The van der Waals surface area contributed by atoms with Crippen LogP contribution in [0.4, 0.5) is 8.78 Å². The maximum Gasteiger partial charge on any atom is 0.163 e. The minimum absolute atomic E-state index is 0.232. The van der Waals surface area contributed by atoms with Crippen LogP contribution >= 0.6 is 0 Å². The SMILES string of the molecule is CC(NCCc1ccnn1C)c1cccc(F)c1F. The van der Waals surface area contributed by atoms with Crippen molar-refractivity contribution in [1.29, 1.82) is 0 Å². The molecule has 0 aliphatic rings. The van der Waals surface area contributed by atoms with Gasteiger partial charge in [-0.3, -0.25) is 4.68 Å².